The van der Waals surface area contributed by atoms with Crippen molar-refractivity contribution in [3.63, 3.8) is 0 Å². The van der Waals surface area contributed by atoms with Crippen LogP contribution in [0.1, 0.15) is 6.42 Å². The van der Waals surface area contributed by atoms with Crippen molar-refractivity contribution in [2.24, 2.45) is 5.92 Å². The first-order chi connectivity index (χ1) is 12.3. The molecule has 1 aliphatic rings. The molecule has 9 heteroatoms. The Balaban J connectivity index is 1.87. The van der Waals surface area contributed by atoms with E-state index in [1.54, 1.807) is 24.3 Å². The lowest BCUT2D eigenvalue weighted by atomic mass is 10.1. The average Bonchev–Trinajstić information content (AvgIpc) is 3.21. The summed E-state index contributed by atoms with van der Waals surface area (Å²) in [7, 11) is -3.14. The molecule has 1 aromatic carbocycles. The summed E-state index contributed by atoms with van der Waals surface area (Å²) in [5, 5.41) is 3.20. The number of aromatic nitrogens is 1. The van der Waals surface area contributed by atoms with Crippen LogP contribution in [0.4, 0.5) is 5.13 Å². The van der Waals surface area contributed by atoms with Crippen molar-refractivity contribution in [1.29, 1.82) is 0 Å². The third-order valence-corrected chi connectivity index (χ3v) is 7.47. The highest BCUT2D eigenvalue weighted by Crippen LogP contribution is 2.33. The lowest BCUT2D eigenvalue weighted by Crippen LogP contribution is -2.37. The van der Waals surface area contributed by atoms with Gasteiger partial charge in [0.1, 0.15) is 0 Å². The molecular formula is C17H16Cl2N2O3S2. The topological polar surface area (TPSA) is 67.3 Å². The molecule has 1 aromatic heterocycles. The van der Waals surface area contributed by atoms with Crippen LogP contribution in [0.15, 0.2) is 36.2 Å². The third-order valence-electron chi connectivity index (χ3n) is 4.10. The molecule has 0 N–H and O–H groups in total. The molecule has 1 amide bonds. The summed E-state index contributed by atoms with van der Waals surface area (Å²) in [6, 6.07) is 5.20. The van der Waals surface area contributed by atoms with E-state index in [0.29, 0.717) is 27.3 Å². The monoisotopic (exact) mass is 430 g/mol. The van der Waals surface area contributed by atoms with Gasteiger partial charge >= 0.3 is 0 Å². The number of benzene rings is 1. The van der Waals surface area contributed by atoms with Crippen LogP contribution in [0.3, 0.4) is 0 Å². The van der Waals surface area contributed by atoms with Gasteiger partial charge in [0.15, 0.2) is 15.0 Å². The Bertz CT molecular complexity index is 957. The summed E-state index contributed by atoms with van der Waals surface area (Å²) in [5.74, 6) is -0.819. The van der Waals surface area contributed by atoms with Gasteiger partial charge in [0.05, 0.1) is 33.2 Å². The van der Waals surface area contributed by atoms with Gasteiger partial charge in [-0.2, -0.15) is 0 Å². The van der Waals surface area contributed by atoms with Crippen LogP contribution in [-0.2, 0) is 14.6 Å². The zero-order valence-electron chi connectivity index (χ0n) is 13.7. The Labute approximate surface area is 166 Å². The van der Waals surface area contributed by atoms with Crippen molar-refractivity contribution in [3.8, 4) is 11.3 Å². The van der Waals surface area contributed by atoms with Crippen molar-refractivity contribution in [1.82, 2.24) is 4.98 Å². The van der Waals surface area contributed by atoms with E-state index in [-0.39, 0.29) is 24.0 Å². The van der Waals surface area contributed by atoms with Crippen LogP contribution in [-0.4, -0.2) is 37.4 Å². The van der Waals surface area contributed by atoms with E-state index >= 15 is 0 Å². The molecule has 138 valence electrons. The standard InChI is InChI=1S/C17H16Cl2N2O3S2/c1-2-6-21(16(22)12-5-7-26(23,24)10-12)17-20-15(9-25-17)11-3-4-13(18)14(19)8-11/h2-4,8-9,12H,1,5-7,10H2. The number of rotatable bonds is 5. The molecule has 1 aliphatic heterocycles. The highest BCUT2D eigenvalue weighted by atomic mass is 35.5. The van der Waals surface area contributed by atoms with Gasteiger partial charge in [-0.3, -0.25) is 9.69 Å². The lowest BCUT2D eigenvalue weighted by Gasteiger charge is -2.21. The normalized spacial score (nSPS) is 18.6. The molecule has 0 saturated carbocycles. The molecule has 2 heterocycles. The van der Waals surface area contributed by atoms with Crippen LogP contribution in [0.5, 0.6) is 0 Å². The quantitative estimate of drug-likeness (QED) is 0.670. The zero-order chi connectivity index (χ0) is 18.9. The fourth-order valence-electron chi connectivity index (χ4n) is 2.78. The van der Waals surface area contributed by atoms with Crippen molar-refractivity contribution in [2.45, 2.75) is 6.42 Å². The van der Waals surface area contributed by atoms with E-state index < -0.39 is 15.8 Å². The Morgan fingerprint density at radius 2 is 2.15 bits per heavy atom. The maximum absolute atomic E-state index is 12.8. The first-order valence-corrected chi connectivity index (χ1v) is 11.3. The Morgan fingerprint density at radius 1 is 1.38 bits per heavy atom. The minimum atomic E-state index is -3.14. The maximum Gasteiger partial charge on any atom is 0.233 e. The van der Waals surface area contributed by atoms with Crippen molar-refractivity contribution in [3.05, 3.63) is 46.3 Å². The zero-order valence-corrected chi connectivity index (χ0v) is 16.8. The van der Waals surface area contributed by atoms with E-state index in [9.17, 15) is 13.2 Å². The fourth-order valence-corrected chi connectivity index (χ4v) is 5.66. The molecule has 2 aromatic rings. The average molecular weight is 431 g/mol. The van der Waals surface area contributed by atoms with Gasteiger partial charge < -0.3 is 0 Å². The molecule has 26 heavy (non-hydrogen) atoms. The highest BCUT2D eigenvalue weighted by Gasteiger charge is 2.36. The number of anilines is 1. The molecular weight excluding hydrogens is 415 g/mol. The molecule has 3 rings (SSSR count). The summed E-state index contributed by atoms with van der Waals surface area (Å²) in [6.45, 7) is 3.95. The number of amides is 1. The highest BCUT2D eigenvalue weighted by molar-refractivity contribution is 7.91. The minimum Gasteiger partial charge on any atom is -0.284 e. The van der Waals surface area contributed by atoms with E-state index in [1.807, 2.05) is 5.38 Å². The number of thiazole rings is 1. The largest absolute Gasteiger partial charge is 0.284 e. The van der Waals surface area contributed by atoms with Crippen molar-refractivity contribution >= 4 is 55.4 Å². The number of sulfone groups is 1. The Hall–Kier alpha value is -1.41. The van der Waals surface area contributed by atoms with E-state index in [4.69, 9.17) is 23.2 Å². The molecule has 1 atom stereocenters. The summed E-state index contributed by atoms with van der Waals surface area (Å²) in [6.07, 6.45) is 1.95. The van der Waals surface area contributed by atoms with Crippen LogP contribution in [0.25, 0.3) is 11.3 Å². The van der Waals surface area contributed by atoms with Crippen molar-refractivity contribution in [2.75, 3.05) is 23.0 Å². The molecule has 1 fully saturated rings. The van der Waals surface area contributed by atoms with Gasteiger partial charge in [0.25, 0.3) is 0 Å². The first kappa shape index (κ1) is 19.4. The summed E-state index contributed by atoms with van der Waals surface area (Å²) in [5.41, 5.74) is 1.46. The predicted octanol–water partition coefficient (Wildman–Crippen LogP) is 4.07. The lowest BCUT2D eigenvalue weighted by molar-refractivity contribution is -0.121. The number of hydrogen-bond donors (Lipinski definition) is 0. The second-order valence-electron chi connectivity index (χ2n) is 5.98. The van der Waals surface area contributed by atoms with Crippen molar-refractivity contribution < 1.29 is 13.2 Å². The molecule has 0 spiro atoms. The smallest absolute Gasteiger partial charge is 0.233 e. The third kappa shape index (κ3) is 4.11. The molecule has 0 bridgehead atoms. The number of hydrogen-bond acceptors (Lipinski definition) is 5. The number of halogens is 2. The molecule has 0 aliphatic carbocycles. The SMILES string of the molecule is C=CCN(C(=O)C1CCS(=O)(=O)C1)c1nc(-c2ccc(Cl)c(Cl)c2)cs1. The van der Waals surface area contributed by atoms with Gasteiger partial charge in [-0.25, -0.2) is 13.4 Å². The van der Waals surface area contributed by atoms with Crippen LogP contribution < -0.4 is 4.90 Å². The van der Waals surface area contributed by atoms with Gasteiger partial charge in [-0.15, -0.1) is 17.9 Å². The molecule has 1 saturated heterocycles. The van der Waals surface area contributed by atoms with Gasteiger partial charge in [-0.1, -0.05) is 35.3 Å². The van der Waals surface area contributed by atoms with Crippen LogP contribution >= 0.6 is 34.5 Å². The molecule has 0 radical (unpaired) electrons. The summed E-state index contributed by atoms with van der Waals surface area (Å²) < 4.78 is 23.4. The van der Waals surface area contributed by atoms with Gasteiger partial charge in [0.2, 0.25) is 5.91 Å². The fraction of sp³-hybridized carbons (Fsp3) is 0.294. The molecule has 5 nitrogen and oxygen atoms in total. The van der Waals surface area contributed by atoms with E-state index in [0.717, 1.165) is 5.56 Å². The summed E-state index contributed by atoms with van der Waals surface area (Å²) in [4.78, 5) is 18.8. The first-order valence-electron chi connectivity index (χ1n) is 7.84. The number of carbonyl (C=O) groups excluding carboxylic acids is 1. The Kier molecular flexibility index (Phi) is 5.72. The predicted molar refractivity (Wildman–Crippen MR) is 107 cm³/mol. The van der Waals surface area contributed by atoms with Crippen LogP contribution in [0, 0.1) is 5.92 Å². The number of carbonyl (C=O) groups is 1. The number of nitrogens with zero attached hydrogens (tertiary/aromatic N) is 2. The second kappa shape index (κ2) is 7.68. The summed E-state index contributed by atoms with van der Waals surface area (Å²) >= 11 is 13.3. The van der Waals surface area contributed by atoms with E-state index in [2.05, 4.69) is 11.6 Å². The molecule has 1 unspecified atom stereocenters. The minimum absolute atomic E-state index is 0.0533. The maximum atomic E-state index is 12.8. The van der Waals surface area contributed by atoms with Crippen LogP contribution in [0.2, 0.25) is 10.0 Å². The second-order valence-corrected chi connectivity index (χ2v) is 9.86. The Morgan fingerprint density at radius 3 is 2.77 bits per heavy atom. The van der Waals surface area contributed by atoms with Gasteiger partial charge in [0, 0.05) is 17.5 Å². The van der Waals surface area contributed by atoms with Gasteiger partial charge in [-0.05, 0) is 18.6 Å². The van der Waals surface area contributed by atoms with E-state index in [1.165, 1.54) is 16.2 Å².